The normalized spacial score (nSPS) is 15.2. The van der Waals surface area contributed by atoms with E-state index < -0.39 is 28.8 Å². The van der Waals surface area contributed by atoms with Crippen LogP contribution in [0.2, 0.25) is 0 Å². The van der Waals surface area contributed by atoms with Crippen LogP contribution >= 0.6 is 0 Å². The Hall–Kier alpha value is -5.54. The maximum absolute atomic E-state index is 15.6. The lowest BCUT2D eigenvalue weighted by Gasteiger charge is -2.26. The van der Waals surface area contributed by atoms with Gasteiger partial charge in [0.1, 0.15) is 5.82 Å². The van der Waals surface area contributed by atoms with Gasteiger partial charge in [-0.25, -0.2) is 4.39 Å². The Balaban J connectivity index is 0.885. The number of hydrogen-bond acceptors (Lipinski definition) is 9. The summed E-state index contributed by atoms with van der Waals surface area (Å²) >= 11 is 0. The molecule has 56 heavy (non-hydrogen) atoms. The monoisotopic (exact) mass is 772 g/mol. The van der Waals surface area contributed by atoms with E-state index in [-0.39, 0.29) is 17.2 Å². The number of rotatable bonds is 19. The summed E-state index contributed by atoms with van der Waals surface area (Å²) in [5.74, 6) is -1.26. The highest BCUT2D eigenvalue weighted by Crippen LogP contribution is 2.52. The maximum Gasteiger partial charge on any atom is 0.586 e. The van der Waals surface area contributed by atoms with Gasteiger partial charge < -0.3 is 28.8 Å². The van der Waals surface area contributed by atoms with Crippen molar-refractivity contribution in [1.29, 1.82) is 0 Å². The van der Waals surface area contributed by atoms with Gasteiger partial charge in [-0.1, -0.05) is 26.0 Å². The number of amides is 1. The maximum atomic E-state index is 15.6. The van der Waals surface area contributed by atoms with Crippen LogP contribution in [-0.2, 0) is 44.8 Å². The van der Waals surface area contributed by atoms with Crippen LogP contribution in [0.4, 0.5) is 18.9 Å². The largest absolute Gasteiger partial charge is 0.586 e. The third-order valence-electron chi connectivity index (χ3n) is 10.1. The number of unbranched alkanes of at least 4 members (excludes halogenated alkanes) is 2. The van der Waals surface area contributed by atoms with E-state index in [1.54, 1.807) is 29.1 Å². The average Bonchev–Trinajstić information content (AvgIpc) is 3.58. The second kappa shape index (κ2) is 15.9. The number of nitrogens with zero attached hydrogens (tertiary/aromatic N) is 5. The molecule has 1 fully saturated rings. The Bertz CT molecular complexity index is 2230. The van der Waals surface area contributed by atoms with Gasteiger partial charge in [-0.05, 0) is 74.1 Å². The van der Waals surface area contributed by atoms with E-state index in [4.69, 9.17) is 9.47 Å². The summed E-state index contributed by atoms with van der Waals surface area (Å²) in [6.07, 6.45) is 5.50. The summed E-state index contributed by atoms with van der Waals surface area (Å²) < 4.78 is 67.5. The lowest BCUT2D eigenvalue weighted by atomic mass is 9.90. The second-order valence-electron chi connectivity index (χ2n) is 14.8. The van der Waals surface area contributed by atoms with Crippen LogP contribution in [0.1, 0.15) is 79.0 Å². The van der Waals surface area contributed by atoms with Crippen LogP contribution in [0, 0.1) is 5.82 Å². The SMILES string of the molecule is C=CCn1c(C(C)(C)COCCCCCOCc2ccc(Cn3cc(C=O)cn3)nn2)cc2cc(NC(=O)C3(c4ccc5c(c4)OC(F)(F)O5)CC3)c(F)cc21. The first-order chi connectivity index (χ1) is 26.9. The Morgan fingerprint density at radius 3 is 2.46 bits per heavy atom. The van der Waals surface area contributed by atoms with Gasteiger partial charge in [0, 0.05) is 48.5 Å². The van der Waals surface area contributed by atoms with Crippen molar-refractivity contribution in [3.8, 4) is 11.5 Å². The van der Waals surface area contributed by atoms with Crippen molar-refractivity contribution >= 4 is 28.8 Å². The van der Waals surface area contributed by atoms with E-state index >= 15 is 4.39 Å². The van der Waals surface area contributed by atoms with Crippen LogP contribution in [0.5, 0.6) is 11.5 Å². The van der Waals surface area contributed by atoms with Gasteiger partial charge in [0.25, 0.3) is 0 Å². The number of anilines is 1. The molecule has 2 aliphatic rings. The minimum absolute atomic E-state index is 0.0319. The molecular formula is C41H43F3N6O6. The average molecular weight is 773 g/mol. The molecule has 1 saturated carbocycles. The smallest absolute Gasteiger partial charge is 0.395 e. The van der Waals surface area contributed by atoms with Crippen molar-refractivity contribution in [1.82, 2.24) is 24.5 Å². The van der Waals surface area contributed by atoms with E-state index in [2.05, 4.69) is 50.5 Å². The Morgan fingerprint density at radius 1 is 1.00 bits per heavy atom. The lowest BCUT2D eigenvalue weighted by molar-refractivity contribution is -0.286. The number of hydrogen-bond donors (Lipinski definition) is 1. The number of aldehydes is 1. The van der Waals surface area contributed by atoms with E-state index in [0.29, 0.717) is 69.0 Å². The predicted octanol–water partition coefficient (Wildman–Crippen LogP) is 7.49. The summed E-state index contributed by atoms with van der Waals surface area (Å²) in [7, 11) is 0. The molecule has 15 heteroatoms. The van der Waals surface area contributed by atoms with Crippen LogP contribution in [-0.4, -0.2) is 62.9 Å². The third kappa shape index (κ3) is 8.48. The highest BCUT2D eigenvalue weighted by atomic mass is 19.3. The number of benzene rings is 2. The molecule has 1 aliphatic carbocycles. The molecule has 1 N–H and O–H groups in total. The van der Waals surface area contributed by atoms with Crippen molar-refractivity contribution in [2.45, 2.75) is 82.8 Å². The van der Waals surface area contributed by atoms with Gasteiger partial charge in [-0.3, -0.25) is 14.3 Å². The molecule has 1 amide bonds. The van der Waals surface area contributed by atoms with Gasteiger partial charge in [0.2, 0.25) is 5.91 Å². The number of alkyl halides is 2. The number of nitrogens with one attached hydrogen (secondary N) is 1. The molecule has 3 aromatic heterocycles. The van der Waals surface area contributed by atoms with Crippen molar-refractivity contribution in [3.63, 3.8) is 0 Å². The number of carbonyl (C=O) groups excluding carboxylic acids is 2. The van der Waals surface area contributed by atoms with Gasteiger partial charge in [0.15, 0.2) is 17.8 Å². The lowest BCUT2D eigenvalue weighted by Crippen LogP contribution is -2.28. The molecule has 1 aliphatic heterocycles. The van der Waals surface area contributed by atoms with Crippen LogP contribution in [0.15, 0.2) is 73.6 Å². The highest BCUT2D eigenvalue weighted by molar-refractivity contribution is 6.03. The van der Waals surface area contributed by atoms with E-state index in [9.17, 15) is 18.4 Å². The molecule has 0 saturated heterocycles. The second-order valence-corrected chi connectivity index (χ2v) is 14.8. The Kier molecular flexibility index (Phi) is 11.0. The fraction of sp³-hybridized carbons (Fsp3) is 0.390. The summed E-state index contributed by atoms with van der Waals surface area (Å²) in [5, 5.41) is 16.1. The Morgan fingerprint density at radius 2 is 1.75 bits per heavy atom. The van der Waals surface area contributed by atoms with Crippen molar-refractivity contribution in [3.05, 3.63) is 108 Å². The molecule has 4 heterocycles. The first kappa shape index (κ1) is 38.7. The minimum atomic E-state index is -3.77. The zero-order valence-corrected chi connectivity index (χ0v) is 31.2. The van der Waals surface area contributed by atoms with Crippen molar-refractivity contribution in [2.75, 3.05) is 25.1 Å². The summed E-state index contributed by atoms with van der Waals surface area (Å²) in [5.41, 5.74) is 2.67. The van der Waals surface area contributed by atoms with E-state index in [0.717, 1.165) is 48.0 Å². The summed E-state index contributed by atoms with van der Waals surface area (Å²) in [4.78, 5) is 24.4. The van der Waals surface area contributed by atoms with Gasteiger partial charge in [-0.2, -0.15) is 15.3 Å². The zero-order valence-electron chi connectivity index (χ0n) is 31.2. The summed E-state index contributed by atoms with van der Waals surface area (Å²) in [6, 6.07) is 13.1. The highest BCUT2D eigenvalue weighted by Gasteiger charge is 2.53. The minimum Gasteiger partial charge on any atom is -0.395 e. The van der Waals surface area contributed by atoms with E-state index in [1.807, 2.05) is 22.8 Å². The number of aromatic nitrogens is 5. The predicted molar refractivity (Wildman–Crippen MR) is 200 cm³/mol. The molecule has 0 bridgehead atoms. The molecule has 0 unspecified atom stereocenters. The fourth-order valence-electron chi connectivity index (χ4n) is 6.93. The topological polar surface area (TPSA) is 132 Å². The molecule has 0 spiro atoms. The first-order valence-corrected chi connectivity index (χ1v) is 18.5. The molecule has 5 aromatic rings. The molecule has 0 radical (unpaired) electrons. The number of carbonyl (C=O) groups is 2. The Labute approximate surface area is 321 Å². The van der Waals surface area contributed by atoms with Crippen LogP contribution < -0.4 is 14.8 Å². The van der Waals surface area contributed by atoms with E-state index in [1.165, 1.54) is 24.4 Å². The van der Waals surface area contributed by atoms with Gasteiger partial charge in [-0.15, -0.1) is 15.4 Å². The van der Waals surface area contributed by atoms with Crippen LogP contribution in [0.25, 0.3) is 10.9 Å². The summed E-state index contributed by atoms with van der Waals surface area (Å²) in [6.45, 7) is 10.9. The fourth-order valence-corrected chi connectivity index (χ4v) is 6.93. The zero-order chi connectivity index (χ0) is 39.5. The van der Waals surface area contributed by atoms with Crippen molar-refractivity contribution in [2.24, 2.45) is 0 Å². The van der Waals surface area contributed by atoms with Crippen LogP contribution in [0.3, 0.4) is 0 Å². The molecular weight excluding hydrogens is 729 g/mol. The first-order valence-electron chi connectivity index (χ1n) is 18.5. The quantitative estimate of drug-likeness (QED) is 0.0516. The van der Waals surface area contributed by atoms with Crippen molar-refractivity contribution < 1.29 is 41.7 Å². The molecule has 0 atom stereocenters. The molecule has 2 aromatic carbocycles. The third-order valence-corrected chi connectivity index (χ3v) is 10.1. The number of fused-ring (bicyclic) bond motifs is 2. The number of allylic oxidation sites excluding steroid dienone is 1. The molecule has 12 nitrogen and oxygen atoms in total. The van der Waals surface area contributed by atoms with Gasteiger partial charge in [0.05, 0.1) is 59.5 Å². The molecule has 7 rings (SSSR count). The number of halogens is 3. The standard InChI is InChI=1S/C41H43F3N6O6/c1-4-14-50-34-20-32(42)33(46-38(52)40(12-13-40)29-8-11-35-36(19-29)56-41(43,44)55-35)17-28(34)18-37(50)39(2,3)26-54-16-7-5-6-15-53-25-31-10-9-30(47-48-31)23-49-22-27(24-51)21-45-49/h4,8-11,17-22,24H,1,5-7,12-16,23,25-26H2,2-3H3,(H,46,52). The molecule has 294 valence electrons. The number of ether oxygens (including phenoxy) is 4. The van der Waals surface area contributed by atoms with Gasteiger partial charge >= 0.3 is 6.29 Å².